The summed E-state index contributed by atoms with van der Waals surface area (Å²) in [4.78, 5) is 0. The van der Waals surface area contributed by atoms with Crippen molar-refractivity contribution in [2.24, 2.45) is 5.73 Å². The minimum Gasteiger partial charge on any atom is -0.494 e. The maximum atomic E-state index is 5.58. The lowest BCUT2D eigenvalue weighted by Crippen LogP contribution is -2.13. The number of thioether (sulfide) groups is 1. The highest BCUT2D eigenvalue weighted by Crippen LogP contribution is 2.12. The van der Waals surface area contributed by atoms with E-state index >= 15 is 0 Å². The van der Waals surface area contributed by atoms with Crippen LogP contribution in [0.5, 0.6) is 5.75 Å². The predicted molar refractivity (Wildman–Crippen MR) is 67.5 cm³/mol. The third kappa shape index (κ3) is 5.70. The molecule has 0 fully saturated rings. The third-order valence-corrected chi connectivity index (χ3v) is 3.32. The summed E-state index contributed by atoms with van der Waals surface area (Å²) in [6, 6.07) is 9.93. The largest absolute Gasteiger partial charge is 0.494 e. The highest BCUT2D eigenvalue weighted by atomic mass is 32.2. The van der Waals surface area contributed by atoms with E-state index in [1.807, 2.05) is 42.1 Å². The van der Waals surface area contributed by atoms with E-state index in [2.05, 4.69) is 6.92 Å². The van der Waals surface area contributed by atoms with Crippen LogP contribution in [0.4, 0.5) is 0 Å². The zero-order valence-corrected chi connectivity index (χ0v) is 10.0. The number of nitrogens with two attached hydrogens (primary N) is 1. The monoisotopic (exact) mass is 225 g/mol. The second-order valence-corrected chi connectivity index (χ2v) is 4.98. The summed E-state index contributed by atoms with van der Waals surface area (Å²) in [6.07, 6.45) is 1.07. The molecule has 2 N–H and O–H groups in total. The van der Waals surface area contributed by atoms with Gasteiger partial charge in [-0.1, -0.05) is 25.1 Å². The number of rotatable bonds is 7. The van der Waals surface area contributed by atoms with Crippen LogP contribution in [0.3, 0.4) is 0 Å². The zero-order valence-electron chi connectivity index (χ0n) is 9.19. The van der Waals surface area contributed by atoms with Gasteiger partial charge in [0.1, 0.15) is 5.75 Å². The lowest BCUT2D eigenvalue weighted by molar-refractivity contribution is 0.318. The molecule has 0 aliphatic heterocycles. The fraction of sp³-hybridized carbons (Fsp3) is 0.500. The van der Waals surface area contributed by atoms with Crippen molar-refractivity contribution in [1.29, 1.82) is 0 Å². The first kappa shape index (κ1) is 12.4. The van der Waals surface area contributed by atoms with Gasteiger partial charge in [-0.15, -0.1) is 0 Å². The zero-order chi connectivity index (χ0) is 10.9. The molecule has 0 aliphatic rings. The van der Waals surface area contributed by atoms with Crippen LogP contribution in [0.2, 0.25) is 0 Å². The quantitative estimate of drug-likeness (QED) is 0.724. The minimum atomic E-state index is 0.557. The molecule has 0 saturated heterocycles. The Morgan fingerprint density at radius 3 is 2.73 bits per heavy atom. The molecule has 1 aromatic carbocycles. The second-order valence-electron chi connectivity index (χ2n) is 3.43. The van der Waals surface area contributed by atoms with Gasteiger partial charge in [-0.05, 0) is 24.3 Å². The van der Waals surface area contributed by atoms with Gasteiger partial charge in [0.15, 0.2) is 0 Å². The van der Waals surface area contributed by atoms with Crippen LogP contribution in [-0.4, -0.2) is 24.2 Å². The first-order valence-electron chi connectivity index (χ1n) is 5.32. The molecule has 0 spiro atoms. The van der Waals surface area contributed by atoms with E-state index in [4.69, 9.17) is 10.5 Å². The molecule has 0 bridgehead atoms. The fourth-order valence-corrected chi connectivity index (χ4v) is 1.94. The molecule has 1 unspecified atom stereocenters. The first-order chi connectivity index (χ1) is 7.33. The Bertz CT molecular complexity index is 253. The Kier molecular flexibility index (Phi) is 6.28. The van der Waals surface area contributed by atoms with Gasteiger partial charge in [0.25, 0.3) is 0 Å². The Labute approximate surface area is 96.2 Å². The SMILES string of the molecule is CC(CN)SCCCOc1ccccc1. The average molecular weight is 225 g/mol. The van der Waals surface area contributed by atoms with Crippen LogP contribution < -0.4 is 10.5 Å². The van der Waals surface area contributed by atoms with E-state index < -0.39 is 0 Å². The van der Waals surface area contributed by atoms with Crippen molar-refractivity contribution in [3.8, 4) is 5.75 Å². The number of para-hydroxylation sites is 1. The fourth-order valence-electron chi connectivity index (χ4n) is 1.12. The molecule has 3 heteroatoms. The summed E-state index contributed by atoms with van der Waals surface area (Å²) in [6.45, 7) is 3.70. The van der Waals surface area contributed by atoms with Gasteiger partial charge >= 0.3 is 0 Å². The third-order valence-electron chi connectivity index (χ3n) is 2.03. The lowest BCUT2D eigenvalue weighted by atomic mass is 10.3. The summed E-state index contributed by atoms with van der Waals surface area (Å²) in [5, 5.41) is 0.557. The highest BCUT2D eigenvalue weighted by Gasteiger charge is 1.98. The Morgan fingerprint density at radius 2 is 2.07 bits per heavy atom. The summed E-state index contributed by atoms with van der Waals surface area (Å²) in [7, 11) is 0. The van der Waals surface area contributed by atoms with E-state index in [0.717, 1.165) is 31.1 Å². The molecule has 0 radical (unpaired) electrons. The Balaban J connectivity index is 2.03. The number of hydrogen-bond acceptors (Lipinski definition) is 3. The summed E-state index contributed by atoms with van der Waals surface area (Å²) in [5.74, 6) is 2.07. The van der Waals surface area contributed by atoms with Crippen LogP contribution in [0.25, 0.3) is 0 Å². The van der Waals surface area contributed by atoms with E-state index in [1.54, 1.807) is 0 Å². The Hall–Kier alpha value is -0.670. The summed E-state index contributed by atoms with van der Waals surface area (Å²) in [5.41, 5.74) is 5.53. The topological polar surface area (TPSA) is 35.2 Å². The van der Waals surface area contributed by atoms with Crippen LogP contribution in [-0.2, 0) is 0 Å². The van der Waals surface area contributed by atoms with Gasteiger partial charge in [0.2, 0.25) is 0 Å². The molecule has 1 rings (SSSR count). The molecule has 1 atom stereocenters. The smallest absolute Gasteiger partial charge is 0.119 e. The van der Waals surface area contributed by atoms with Gasteiger partial charge in [-0.2, -0.15) is 11.8 Å². The van der Waals surface area contributed by atoms with Crippen LogP contribution in [0, 0.1) is 0 Å². The van der Waals surface area contributed by atoms with Crippen molar-refractivity contribution in [3.05, 3.63) is 30.3 Å². The van der Waals surface area contributed by atoms with Crippen molar-refractivity contribution >= 4 is 11.8 Å². The molecule has 0 saturated carbocycles. The van der Waals surface area contributed by atoms with Crippen molar-refractivity contribution < 1.29 is 4.74 Å². The average Bonchev–Trinajstić information content (AvgIpc) is 2.29. The molecule has 0 aliphatic carbocycles. The first-order valence-corrected chi connectivity index (χ1v) is 6.37. The van der Waals surface area contributed by atoms with Gasteiger partial charge < -0.3 is 10.5 Å². The number of ether oxygens (including phenoxy) is 1. The second kappa shape index (κ2) is 7.60. The van der Waals surface area contributed by atoms with Gasteiger partial charge in [0.05, 0.1) is 6.61 Å². The van der Waals surface area contributed by atoms with Crippen LogP contribution in [0.15, 0.2) is 30.3 Å². The van der Waals surface area contributed by atoms with Crippen LogP contribution in [0.1, 0.15) is 13.3 Å². The summed E-state index contributed by atoms with van der Waals surface area (Å²) < 4.78 is 5.58. The van der Waals surface area contributed by atoms with Crippen molar-refractivity contribution in [1.82, 2.24) is 0 Å². The molecule has 1 aromatic rings. The molecular formula is C12H19NOS. The van der Waals surface area contributed by atoms with Crippen molar-refractivity contribution in [2.45, 2.75) is 18.6 Å². The molecular weight excluding hydrogens is 206 g/mol. The van der Waals surface area contributed by atoms with E-state index in [-0.39, 0.29) is 0 Å². The molecule has 84 valence electrons. The maximum absolute atomic E-state index is 5.58. The normalized spacial score (nSPS) is 12.4. The Morgan fingerprint density at radius 1 is 1.33 bits per heavy atom. The minimum absolute atomic E-state index is 0.557. The molecule has 0 heterocycles. The van der Waals surface area contributed by atoms with Gasteiger partial charge in [-0.3, -0.25) is 0 Å². The standard InChI is InChI=1S/C12H19NOS/c1-11(10-13)15-9-5-8-14-12-6-3-2-4-7-12/h2-4,6-7,11H,5,8-10,13H2,1H3. The van der Waals surface area contributed by atoms with Gasteiger partial charge in [-0.25, -0.2) is 0 Å². The maximum Gasteiger partial charge on any atom is 0.119 e. The van der Waals surface area contributed by atoms with E-state index in [0.29, 0.717) is 5.25 Å². The molecule has 0 aromatic heterocycles. The summed E-state index contributed by atoms with van der Waals surface area (Å²) >= 11 is 1.91. The molecule has 15 heavy (non-hydrogen) atoms. The highest BCUT2D eigenvalue weighted by molar-refractivity contribution is 7.99. The van der Waals surface area contributed by atoms with Gasteiger partial charge in [0, 0.05) is 11.8 Å². The number of hydrogen-bond donors (Lipinski definition) is 1. The van der Waals surface area contributed by atoms with Crippen LogP contribution >= 0.6 is 11.8 Å². The van der Waals surface area contributed by atoms with E-state index in [9.17, 15) is 0 Å². The van der Waals surface area contributed by atoms with Crippen molar-refractivity contribution in [3.63, 3.8) is 0 Å². The lowest BCUT2D eigenvalue weighted by Gasteiger charge is -2.08. The molecule has 0 amide bonds. The predicted octanol–water partition coefficient (Wildman–Crippen LogP) is 2.54. The van der Waals surface area contributed by atoms with Crippen molar-refractivity contribution in [2.75, 3.05) is 18.9 Å². The molecule has 2 nitrogen and oxygen atoms in total. The number of benzene rings is 1. The van der Waals surface area contributed by atoms with E-state index in [1.165, 1.54) is 0 Å².